The summed E-state index contributed by atoms with van der Waals surface area (Å²) in [7, 11) is 1.57. The van der Waals surface area contributed by atoms with Crippen LogP contribution in [0, 0.1) is 19.8 Å². The minimum absolute atomic E-state index is 0.0749. The number of aromatic nitrogens is 1. The van der Waals surface area contributed by atoms with E-state index in [1.54, 1.807) is 19.3 Å². The zero-order valence-electron chi connectivity index (χ0n) is 21.0. The van der Waals surface area contributed by atoms with Crippen LogP contribution in [0.4, 0.5) is 5.69 Å². The standard InChI is InChI=1S/C28H31N3O5/c1-17(21-9-11-23(12-10-21)30-28(33)22-7-8-22)29-27(32)14-6-20-5-13-25(26(15-20)34-4)35-16-24-18(2)31-36-19(24)3/h5-6,9-15,17,22H,7-8,16H2,1-4H3,(H,29,32)(H,30,33)/b14-6+. The summed E-state index contributed by atoms with van der Waals surface area (Å²) in [4.78, 5) is 24.4. The minimum atomic E-state index is -0.216. The van der Waals surface area contributed by atoms with Crippen LogP contribution in [0.1, 0.15) is 54.0 Å². The van der Waals surface area contributed by atoms with Crippen LogP contribution in [-0.2, 0) is 16.2 Å². The summed E-state index contributed by atoms with van der Waals surface area (Å²) < 4.78 is 16.6. The number of carbonyl (C=O) groups is 2. The lowest BCUT2D eigenvalue weighted by atomic mass is 10.1. The molecule has 2 aromatic carbocycles. The van der Waals surface area contributed by atoms with Crippen LogP contribution in [0.2, 0.25) is 0 Å². The van der Waals surface area contributed by atoms with Gasteiger partial charge in [-0.3, -0.25) is 9.59 Å². The third-order valence-corrected chi connectivity index (χ3v) is 6.15. The average Bonchev–Trinajstić information content (AvgIpc) is 3.68. The molecular weight excluding hydrogens is 458 g/mol. The summed E-state index contributed by atoms with van der Waals surface area (Å²) in [5.74, 6) is 1.89. The van der Waals surface area contributed by atoms with E-state index in [1.807, 2.05) is 57.2 Å². The van der Waals surface area contributed by atoms with Crippen LogP contribution in [0.15, 0.2) is 53.1 Å². The molecule has 3 aromatic rings. The number of amides is 2. The van der Waals surface area contributed by atoms with Gasteiger partial charge in [0, 0.05) is 17.7 Å². The summed E-state index contributed by atoms with van der Waals surface area (Å²) in [5, 5.41) is 9.82. The SMILES string of the molecule is COc1cc(/C=C/C(=O)NC(C)c2ccc(NC(=O)C3CC3)cc2)ccc1OCc1c(C)noc1C. The van der Waals surface area contributed by atoms with Crippen LogP contribution < -0.4 is 20.1 Å². The van der Waals surface area contributed by atoms with E-state index in [-0.39, 0.29) is 23.8 Å². The van der Waals surface area contributed by atoms with Gasteiger partial charge in [0.2, 0.25) is 11.8 Å². The summed E-state index contributed by atoms with van der Waals surface area (Å²) >= 11 is 0. The quantitative estimate of drug-likeness (QED) is 0.383. The Bertz CT molecular complexity index is 1240. The first kappa shape index (κ1) is 25.0. The van der Waals surface area contributed by atoms with Gasteiger partial charge < -0.3 is 24.6 Å². The molecule has 0 bridgehead atoms. The van der Waals surface area contributed by atoms with Crippen molar-refractivity contribution in [3.8, 4) is 11.5 Å². The first-order valence-corrected chi connectivity index (χ1v) is 12.0. The Kier molecular flexibility index (Phi) is 7.73. The van der Waals surface area contributed by atoms with E-state index in [9.17, 15) is 9.59 Å². The molecule has 8 heteroatoms. The van der Waals surface area contributed by atoms with Gasteiger partial charge in [0.25, 0.3) is 0 Å². The van der Waals surface area contributed by atoms with Crippen molar-refractivity contribution >= 4 is 23.6 Å². The summed E-state index contributed by atoms with van der Waals surface area (Å²) in [5.41, 5.74) is 4.21. The van der Waals surface area contributed by atoms with Crippen molar-refractivity contribution in [3.05, 3.63) is 76.7 Å². The number of nitrogens with one attached hydrogen (secondary N) is 2. The summed E-state index contributed by atoms with van der Waals surface area (Å²) in [6, 6.07) is 12.8. The van der Waals surface area contributed by atoms with Crippen LogP contribution in [0.5, 0.6) is 11.5 Å². The lowest BCUT2D eigenvalue weighted by molar-refractivity contribution is -0.118. The monoisotopic (exact) mass is 489 g/mol. The van der Waals surface area contributed by atoms with E-state index in [4.69, 9.17) is 14.0 Å². The molecule has 188 valence electrons. The lowest BCUT2D eigenvalue weighted by Gasteiger charge is -2.14. The van der Waals surface area contributed by atoms with Crippen molar-refractivity contribution in [2.24, 2.45) is 5.92 Å². The fraction of sp³-hybridized carbons (Fsp3) is 0.321. The maximum Gasteiger partial charge on any atom is 0.244 e. The molecule has 1 aromatic heterocycles. The molecular formula is C28H31N3O5. The average molecular weight is 490 g/mol. The Balaban J connectivity index is 1.31. The van der Waals surface area contributed by atoms with Crippen molar-refractivity contribution in [3.63, 3.8) is 0 Å². The second kappa shape index (κ2) is 11.1. The van der Waals surface area contributed by atoms with E-state index in [0.29, 0.717) is 18.1 Å². The van der Waals surface area contributed by atoms with E-state index in [1.165, 1.54) is 6.08 Å². The van der Waals surface area contributed by atoms with E-state index < -0.39 is 0 Å². The molecule has 1 saturated carbocycles. The number of methoxy groups -OCH3 is 1. The molecule has 1 heterocycles. The molecule has 0 saturated heterocycles. The van der Waals surface area contributed by atoms with E-state index in [2.05, 4.69) is 15.8 Å². The normalized spacial score (nSPS) is 13.9. The Hall–Kier alpha value is -4.07. The number of hydrogen-bond donors (Lipinski definition) is 2. The maximum atomic E-state index is 12.5. The molecule has 0 aliphatic heterocycles. The topological polar surface area (TPSA) is 103 Å². The number of aryl methyl sites for hydroxylation is 2. The van der Waals surface area contributed by atoms with Crippen molar-refractivity contribution in [1.29, 1.82) is 0 Å². The predicted molar refractivity (Wildman–Crippen MR) is 137 cm³/mol. The number of hydrogen-bond acceptors (Lipinski definition) is 6. The molecule has 1 unspecified atom stereocenters. The number of benzene rings is 2. The van der Waals surface area contributed by atoms with Gasteiger partial charge in [-0.25, -0.2) is 0 Å². The highest BCUT2D eigenvalue weighted by Gasteiger charge is 2.29. The van der Waals surface area contributed by atoms with Crippen LogP contribution >= 0.6 is 0 Å². The van der Waals surface area contributed by atoms with Crippen molar-refractivity contribution in [2.45, 2.75) is 46.3 Å². The molecule has 0 radical (unpaired) electrons. The molecule has 8 nitrogen and oxygen atoms in total. The Morgan fingerprint density at radius 2 is 1.89 bits per heavy atom. The van der Waals surface area contributed by atoms with Gasteiger partial charge in [-0.1, -0.05) is 23.4 Å². The zero-order valence-corrected chi connectivity index (χ0v) is 21.0. The summed E-state index contributed by atoms with van der Waals surface area (Å²) in [6.45, 7) is 5.95. The maximum absolute atomic E-state index is 12.5. The first-order chi connectivity index (χ1) is 17.3. The van der Waals surface area contributed by atoms with E-state index >= 15 is 0 Å². The second-order valence-corrected chi connectivity index (χ2v) is 8.95. The highest BCUT2D eigenvalue weighted by Crippen LogP contribution is 2.31. The first-order valence-electron chi connectivity index (χ1n) is 12.0. The molecule has 36 heavy (non-hydrogen) atoms. The molecule has 1 aliphatic carbocycles. The van der Waals surface area contributed by atoms with Gasteiger partial charge in [0.1, 0.15) is 12.4 Å². The highest BCUT2D eigenvalue weighted by molar-refractivity contribution is 5.94. The van der Waals surface area contributed by atoms with Gasteiger partial charge >= 0.3 is 0 Å². The largest absolute Gasteiger partial charge is 0.493 e. The molecule has 2 N–H and O–H groups in total. The Morgan fingerprint density at radius 1 is 1.14 bits per heavy atom. The van der Waals surface area contributed by atoms with Crippen molar-refractivity contribution in [1.82, 2.24) is 10.5 Å². The number of nitrogens with zero attached hydrogens (tertiary/aromatic N) is 1. The van der Waals surface area contributed by atoms with E-state index in [0.717, 1.165) is 46.7 Å². The number of anilines is 1. The fourth-order valence-corrected chi connectivity index (χ4v) is 3.73. The number of ether oxygens (including phenoxy) is 2. The van der Waals surface area contributed by atoms with Gasteiger partial charge in [-0.05, 0) is 75.1 Å². The second-order valence-electron chi connectivity index (χ2n) is 8.95. The molecule has 1 aliphatic rings. The predicted octanol–water partition coefficient (Wildman–Crippen LogP) is 5.12. The van der Waals surface area contributed by atoms with Crippen LogP contribution in [-0.4, -0.2) is 24.1 Å². The number of carbonyl (C=O) groups excluding carboxylic acids is 2. The smallest absolute Gasteiger partial charge is 0.244 e. The zero-order chi connectivity index (χ0) is 25.7. The number of rotatable bonds is 10. The van der Waals surface area contributed by atoms with Gasteiger partial charge in [-0.2, -0.15) is 0 Å². The van der Waals surface area contributed by atoms with Crippen molar-refractivity contribution in [2.75, 3.05) is 12.4 Å². The Morgan fingerprint density at radius 3 is 2.53 bits per heavy atom. The lowest BCUT2D eigenvalue weighted by Crippen LogP contribution is -2.24. The molecule has 4 rings (SSSR count). The third kappa shape index (κ3) is 6.33. The molecule has 2 amide bonds. The van der Waals surface area contributed by atoms with Crippen molar-refractivity contribution < 1.29 is 23.6 Å². The Labute approximate surface area is 210 Å². The fourth-order valence-electron chi connectivity index (χ4n) is 3.73. The van der Waals surface area contributed by atoms with Gasteiger partial charge in [0.15, 0.2) is 11.5 Å². The van der Waals surface area contributed by atoms with Crippen LogP contribution in [0.3, 0.4) is 0 Å². The van der Waals surface area contributed by atoms with Gasteiger partial charge in [0.05, 0.1) is 24.4 Å². The molecule has 1 fully saturated rings. The molecule has 0 spiro atoms. The molecule has 1 atom stereocenters. The van der Waals surface area contributed by atoms with Gasteiger partial charge in [-0.15, -0.1) is 0 Å². The third-order valence-electron chi connectivity index (χ3n) is 6.15. The van der Waals surface area contributed by atoms with Crippen LogP contribution in [0.25, 0.3) is 6.08 Å². The summed E-state index contributed by atoms with van der Waals surface area (Å²) in [6.07, 6.45) is 5.14. The minimum Gasteiger partial charge on any atom is -0.493 e. The highest BCUT2D eigenvalue weighted by atomic mass is 16.5.